The quantitative estimate of drug-likeness (QED) is 0.353. The van der Waals surface area contributed by atoms with Gasteiger partial charge in [-0.25, -0.2) is 0 Å². The van der Waals surface area contributed by atoms with E-state index in [1.165, 1.54) is 12.8 Å². The van der Waals surface area contributed by atoms with E-state index in [4.69, 9.17) is 15.2 Å². The minimum atomic E-state index is -0.273. The molecule has 0 amide bonds. The van der Waals surface area contributed by atoms with Gasteiger partial charge in [-0.15, -0.1) is 0 Å². The van der Waals surface area contributed by atoms with Gasteiger partial charge >= 0.3 is 5.97 Å². The fraction of sp³-hybridized carbons (Fsp3) is 0.462. The summed E-state index contributed by atoms with van der Waals surface area (Å²) in [6.45, 7) is 0.763. The van der Waals surface area contributed by atoms with E-state index in [1.54, 1.807) is 12.1 Å². The number of hydrogen-bond donors (Lipinski definition) is 1. The van der Waals surface area contributed by atoms with Crippen molar-refractivity contribution in [3.63, 3.8) is 0 Å². The van der Waals surface area contributed by atoms with Crippen LogP contribution in [0.1, 0.15) is 18.4 Å². The van der Waals surface area contributed by atoms with Crippen LogP contribution >= 0.6 is 0 Å². The summed E-state index contributed by atoms with van der Waals surface area (Å²) in [5.74, 6) is 0.413. The van der Waals surface area contributed by atoms with Crippen molar-refractivity contribution in [2.45, 2.75) is 19.3 Å². The second-order valence-electron chi connectivity index (χ2n) is 4.37. The van der Waals surface area contributed by atoms with Gasteiger partial charge in [0.05, 0.1) is 13.0 Å². The van der Waals surface area contributed by atoms with Gasteiger partial charge in [0.1, 0.15) is 0 Å². The highest BCUT2D eigenvalue weighted by molar-refractivity contribution is 5.72. The van der Waals surface area contributed by atoms with Gasteiger partial charge in [-0.05, 0) is 36.5 Å². The highest BCUT2D eigenvalue weighted by Crippen LogP contribution is 2.28. The molecule has 0 aromatic heterocycles. The third-order valence-electron chi connectivity index (χ3n) is 2.68. The van der Waals surface area contributed by atoms with Crippen LogP contribution in [0.5, 0.6) is 0 Å². The Balaban J connectivity index is 1.63. The Kier molecular flexibility index (Phi) is 3.98. The monoisotopic (exact) mass is 235 g/mol. The van der Waals surface area contributed by atoms with Gasteiger partial charge in [0.2, 0.25) is 0 Å². The molecule has 4 nitrogen and oxygen atoms in total. The lowest BCUT2D eigenvalue weighted by atomic mass is 10.1. The maximum atomic E-state index is 11.4. The second-order valence-corrected chi connectivity index (χ2v) is 4.37. The standard InChI is InChI=1S/C13H17NO3/c14-12-5-3-10(4-6-12)7-13(15)17-9-16-8-11-1-2-11/h3-6,11H,1-2,7-9,14H2. The minimum Gasteiger partial charge on any atom is -0.438 e. The summed E-state index contributed by atoms with van der Waals surface area (Å²) in [5.41, 5.74) is 7.14. The predicted molar refractivity (Wildman–Crippen MR) is 64.2 cm³/mol. The number of carbonyl (C=O) groups is 1. The molecule has 0 unspecified atom stereocenters. The molecule has 92 valence electrons. The molecule has 1 aliphatic carbocycles. The zero-order valence-corrected chi connectivity index (χ0v) is 9.72. The fourth-order valence-electron chi connectivity index (χ4n) is 1.46. The van der Waals surface area contributed by atoms with Gasteiger partial charge < -0.3 is 15.2 Å². The van der Waals surface area contributed by atoms with Gasteiger partial charge in [-0.2, -0.15) is 0 Å². The average molecular weight is 235 g/mol. The van der Waals surface area contributed by atoms with Crippen LogP contribution in [0, 0.1) is 5.92 Å². The highest BCUT2D eigenvalue weighted by atomic mass is 16.7. The number of nitrogen functional groups attached to an aromatic ring is 1. The predicted octanol–water partition coefficient (Wildman–Crippen LogP) is 1.74. The summed E-state index contributed by atoms with van der Waals surface area (Å²) in [7, 11) is 0. The summed E-state index contributed by atoms with van der Waals surface area (Å²) >= 11 is 0. The topological polar surface area (TPSA) is 61.6 Å². The Hall–Kier alpha value is -1.55. The molecule has 0 heterocycles. The van der Waals surface area contributed by atoms with Crippen LogP contribution in [0.15, 0.2) is 24.3 Å². The molecule has 0 aliphatic heterocycles. The summed E-state index contributed by atoms with van der Waals surface area (Å²) in [6.07, 6.45) is 2.73. The van der Waals surface area contributed by atoms with E-state index in [2.05, 4.69) is 0 Å². The van der Waals surface area contributed by atoms with E-state index < -0.39 is 0 Å². The van der Waals surface area contributed by atoms with Gasteiger partial charge in [0, 0.05) is 5.69 Å². The Bertz CT molecular complexity index is 371. The zero-order chi connectivity index (χ0) is 12.1. The third-order valence-corrected chi connectivity index (χ3v) is 2.68. The van der Waals surface area contributed by atoms with Crippen LogP contribution in [-0.4, -0.2) is 19.4 Å². The number of hydrogen-bond acceptors (Lipinski definition) is 4. The number of carbonyl (C=O) groups excluding carboxylic acids is 1. The summed E-state index contributed by atoms with van der Waals surface area (Å²) < 4.78 is 10.2. The van der Waals surface area contributed by atoms with Crippen LogP contribution in [0.4, 0.5) is 5.69 Å². The van der Waals surface area contributed by atoms with Crippen LogP contribution in [0.2, 0.25) is 0 Å². The summed E-state index contributed by atoms with van der Waals surface area (Å²) in [4.78, 5) is 11.4. The lowest BCUT2D eigenvalue weighted by Crippen LogP contribution is -2.11. The maximum absolute atomic E-state index is 11.4. The van der Waals surface area contributed by atoms with E-state index in [9.17, 15) is 4.79 Å². The van der Waals surface area contributed by atoms with Crippen LogP contribution in [0.3, 0.4) is 0 Å². The molecule has 1 fully saturated rings. The van der Waals surface area contributed by atoms with Crippen molar-refractivity contribution in [3.8, 4) is 0 Å². The number of rotatable bonds is 6. The van der Waals surface area contributed by atoms with Crippen molar-refractivity contribution in [2.24, 2.45) is 5.92 Å². The molecule has 0 radical (unpaired) electrons. The van der Waals surface area contributed by atoms with E-state index in [-0.39, 0.29) is 19.2 Å². The SMILES string of the molecule is Nc1ccc(CC(=O)OCOCC2CC2)cc1. The Morgan fingerprint density at radius 2 is 2.00 bits per heavy atom. The molecule has 1 aromatic carbocycles. The highest BCUT2D eigenvalue weighted by Gasteiger charge is 2.21. The number of benzene rings is 1. The van der Waals surface area contributed by atoms with E-state index in [0.29, 0.717) is 18.2 Å². The van der Waals surface area contributed by atoms with Crippen molar-refractivity contribution < 1.29 is 14.3 Å². The number of esters is 1. The second kappa shape index (κ2) is 5.68. The zero-order valence-electron chi connectivity index (χ0n) is 9.72. The summed E-state index contributed by atoms with van der Waals surface area (Å²) in [6, 6.07) is 7.18. The molecular formula is C13H17NO3. The molecule has 1 aromatic rings. The average Bonchev–Trinajstić information content (AvgIpc) is 3.12. The third kappa shape index (κ3) is 4.44. The summed E-state index contributed by atoms with van der Waals surface area (Å²) in [5, 5.41) is 0. The normalized spacial score (nSPS) is 14.6. The molecule has 0 spiro atoms. The molecule has 0 saturated heterocycles. The molecule has 0 atom stereocenters. The number of nitrogens with two attached hydrogens (primary N) is 1. The van der Waals surface area contributed by atoms with Crippen molar-refractivity contribution >= 4 is 11.7 Å². The molecule has 2 N–H and O–H groups in total. The molecule has 1 saturated carbocycles. The first-order chi connectivity index (χ1) is 8.24. The number of ether oxygens (including phenoxy) is 2. The first-order valence-electron chi connectivity index (χ1n) is 5.82. The fourth-order valence-corrected chi connectivity index (χ4v) is 1.46. The van der Waals surface area contributed by atoms with Crippen LogP contribution in [0.25, 0.3) is 0 Å². The molecule has 1 aliphatic rings. The van der Waals surface area contributed by atoms with Gasteiger partial charge in [-0.1, -0.05) is 12.1 Å². The van der Waals surface area contributed by atoms with Crippen LogP contribution in [-0.2, 0) is 20.7 Å². The lowest BCUT2D eigenvalue weighted by Gasteiger charge is -2.05. The molecule has 2 rings (SSSR count). The Labute approximate surface area is 101 Å². The van der Waals surface area contributed by atoms with Crippen molar-refractivity contribution in [1.82, 2.24) is 0 Å². The Morgan fingerprint density at radius 1 is 1.29 bits per heavy atom. The van der Waals surface area contributed by atoms with Crippen molar-refractivity contribution in [2.75, 3.05) is 19.1 Å². The van der Waals surface area contributed by atoms with Gasteiger partial charge in [0.25, 0.3) is 0 Å². The van der Waals surface area contributed by atoms with Gasteiger partial charge in [0.15, 0.2) is 6.79 Å². The largest absolute Gasteiger partial charge is 0.438 e. The first kappa shape index (κ1) is 11.9. The van der Waals surface area contributed by atoms with E-state index in [0.717, 1.165) is 5.56 Å². The van der Waals surface area contributed by atoms with Crippen molar-refractivity contribution in [3.05, 3.63) is 29.8 Å². The molecule has 17 heavy (non-hydrogen) atoms. The maximum Gasteiger partial charge on any atom is 0.312 e. The molecular weight excluding hydrogens is 218 g/mol. The van der Waals surface area contributed by atoms with Crippen molar-refractivity contribution in [1.29, 1.82) is 0 Å². The lowest BCUT2D eigenvalue weighted by molar-refractivity contribution is -0.155. The first-order valence-corrected chi connectivity index (χ1v) is 5.82. The molecule has 4 heteroatoms. The minimum absolute atomic E-state index is 0.0598. The molecule has 0 bridgehead atoms. The van der Waals surface area contributed by atoms with E-state index >= 15 is 0 Å². The van der Waals surface area contributed by atoms with Crippen LogP contribution < -0.4 is 5.73 Å². The number of anilines is 1. The van der Waals surface area contributed by atoms with E-state index in [1.807, 2.05) is 12.1 Å². The van der Waals surface area contributed by atoms with Gasteiger partial charge in [-0.3, -0.25) is 4.79 Å². The smallest absolute Gasteiger partial charge is 0.312 e. The Morgan fingerprint density at radius 3 is 2.65 bits per heavy atom.